The molecular weight excluding hydrogens is 240 g/mol. The molecule has 104 valence electrons. The second-order valence-electron chi connectivity index (χ2n) is 4.53. The average Bonchev–Trinajstić information content (AvgIpc) is 2.24. The van der Waals surface area contributed by atoms with E-state index in [2.05, 4.69) is 23.9 Å². The molecule has 5 nitrogen and oxygen atoms in total. The van der Waals surface area contributed by atoms with Crippen molar-refractivity contribution in [1.82, 2.24) is 10.0 Å². The number of rotatable bonds is 10. The van der Waals surface area contributed by atoms with Crippen LogP contribution in [-0.2, 0) is 14.8 Å². The molecule has 0 aliphatic rings. The average molecular weight is 266 g/mol. The number of hydrogen-bond acceptors (Lipinski definition) is 4. The lowest BCUT2D eigenvalue weighted by Crippen LogP contribution is -2.40. The minimum atomic E-state index is -3.23. The number of nitrogens with one attached hydrogen (secondary N) is 2. The molecule has 17 heavy (non-hydrogen) atoms. The van der Waals surface area contributed by atoms with Crippen molar-refractivity contribution in [1.29, 1.82) is 0 Å². The van der Waals surface area contributed by atoms with Gasteiger partial charge in [0.2, 0.25) is 10.0 Å². The molecule has 0 rings (SSSR count). The highest BCUT2D eigenvalue weighted by atomic mass is 32.2. The molecule has 0 saturated carbocycles. The third kappa shape index (κ3) is 8.54. The van der Waals surface area contributed by atoms with E-state index in [-0.39, 0.29) is 0 Å². The Bertz CT molecular complexity index is 278. The first-order valence-electron chi connectivity index (χ1n) is 6.17. The fourth-order valence-electron chi connectivity index (χ4n) is 1.17. The third-order valence-electron chi connectivity index (χ3n) is 2.21. The third-order valence-corrected chi connectivity index (χ3v) is 4.04. The maximum atomic E-state index is 11.7. The van der Waals surface area contributed by atoms with Gasteiger partial charge in [-0.1, -0.05) is 20.8 Å². The first-order chi connectivity index (χ1) is 7.90. The van der Waals surface area contributed by atoms with Gasteiger partial charge in [-0.15, -0.1) is 0 Å². The Morgan fingerprint density at radius 3 is 2.41 bits per heavy atom. The summed E-state index contributed by atoms with van der Waals surface area (Å²) in [5, 5.41) is 2.60. The maximum Gasteiger partial charge on any atom is 0.215 e. The lowest BCUT2D eigenvalue weighted by atomic mass is 10.2. The van der Waals surface area contributed by atoms with E-state index >= 15 is 0 Å². The van der Waals surface area contributed by atoms with Crippen LogP contribution in [-0.4, -0.2) is 46.5 Å². The molecule has 1 atom stereocenters. The van der Waals surface area contributed by atoms with E-state index in [1.165, 1.54) is 0 Å². The molecule has 6 heteroatoms. The van der Waals surface area contributed by atoms with Gasteiger partial charge < -0.3 is 10.1 Å². The molecule has 0 heterocycles. The second-order valence-corrected chi connectivity index (χ2v) is 6.71. The summed E-state index contributed by atoms with van der Waals surface area (Å²) in [4.78, 5) is 0. The van der Waals surface area contributed by atoms with Crippen LogP contribution < -0.4 is 10.0 Å². The number of hydrogen-bond donors (Lipinski definition) is 2. The smallest absolute Gasteiger partial charge is 0.215 e. The first-order valence-corrected chi connectivity index (χ1v) is 7.71. The van der Waals surface area contributed by atoms with Crippen molar-refractivity contribution in [3.63, 3.8) is 0 Å². The van der Waals surface area contributed by atoms with Crippen LogP contribution in [0.25, 0.3) is 0 Å². The summed E-state index contributed by atoms with van der Waals surface area (Å²) >= 11 is 0. The van der Waals surface area contributed by atoms with Crippen LogP contribution in [0, 0.1) is 5.92 Å². The minimum absolute atomic E-state index is 0.339. The predicted molar refractivity (Wildman–Crippen MR) is 70.6 cm³/mol. The zero-order valence-electron chi connectivity index (χ0n) is 11.3. The maximum absolute atomic E-state index is 11.7. The quantitative estimate of drug-likeness (QED) is 0.568. The van der Waals surface area contributed by atoms with Gasteiger partial charge in [0, 0.05) is 19.7 Å². The first kappa shape index (κ1) is 16.8. The molecule has 0 radical (unpaired) electrons. The van der Waals surface area contributed by atoms with E-state index < -0.39 is 15.3 Å². The zero-order valence-corrected chi connectivity index (χ0v) is 12.1. The van der Waals surface area contributed by atoms with Crippen LogP contribution >= 0.6 is 0 Å². The van der Waals surface area contributed by atoms with Gasteiger partial charge in [0.15, 0.2) is 0 Å². The van der Waals surface area contributed by atoms with Gasteiger partial charge in [-0.25, -0.2) is 13.1 Å². The van der Waals surface area contributed by atoms with Crippen LogP contribution in [0.15, 0.2) is 0 Å². The minimum Gasteiger partial charge on any atom is -0.380 e. The van der Waals surface area contributed by atoms with Gasteiger partial charge in [-0.3, -0.25) is 0 Å². The van der Waals surface area contributed by atoms with Crippen molar-refractivity contribution in [2.24, 2.45) is 5.92 Å². The van der Waals surface area contributed by atoms with Crippen LogP contribution in [0.5, 0.6) is 0 Å². The van der Waals surface area contributed by atoms with Crippen LogP contribution in [0.4, 0.5) is 0 Å². The lowest BCUT2D eigenvalue weighted by Gasteiger charge is -2.14. The van der Waals surface area contributed by atoms with E-state index in [0.717, 1.165) is 6.54 Å². The summed E-state index contributed by atoms with van der Waals surface area (Å²) in [6.45, 7) is 10.4. The molecule has 0 aromatic carbocycles. The van der Waals surface area contributed by atoms with Crippen molar-refractivity contribution in [2.75, 3.05) is 32.8 Å². The number of ether oxygens (including phenoxy) is 1. The zero-order chi connectivity index (χ0) is 13.3. The summed E-state index contributed by atoms with van der Waals surface area (Å²) < 4.78 is 31.3. The van der Waals surface area contributed by atoms with E-state index in [0.29, 0.717) is 32.2 Å². The topological polar surface area (TPSA) is 67.4 Å². The molecule has 0 aromatic heterocycles. The van der Waals surface area contributed by atoms with Crippen LogP contribution in [0.3, 0.4) is 0 Å². The molecule has 2 N–H and O–H groups in total. The van der Waals surface area contributed by atoms with Gasteiger partial charge in [-0.2, -0.15) is 0 Å². The monoisotopic (exact) mass is 266 g/mol. The Kier molecular flexibility index (Phi) is 8.77. The predicted octanol–water partition coefficient (Wildman–Crippen LogP) is 0.576. The van der Waals surface area contributed by atoms with Gasteiger partial charge in [0.1, 0.15) is 0 Å². The number of sulfonamides is 1. The highest BCUT2D eigenvalue weighted by molar-refractivity contribution is 7.90. The molecule has 1 unspecified atom stereocenters. The highest BCUT2D eigenvalue weighted by Crippen LogP contribution is 1.96. The molecule has 0 aliphatic carbocycles. The van der Waals surface area contributed by atoms with Crippen LogP contribution in [0.2, 0.25) is 0 Å². The molecule has 0 aromatic rings. The Balaban J connectivity index is 3.77. The van der Waals surface area contributed by atoms with Gasteiger partial charge in [-0.05, 0) is 19.4 Å². The van der Waals surface area contributed by atoms with Crippen molar-refractivity contribution >= 4 is 10.0 Å². The van der Waals surface area contributed by atoms with Gasteiger partial charge in [0.25, 0.3) is 0 Å². The second kappa shape index (κ2) is 8.85. The van der Waals surface area contributed by atoms with E-state index in [4.69, 9.17) is 4.74 Å². The fourth-order valence-corrected chi connectivity index (χ4v) is 2.16. The van der Waals surface area contributed by atoms with Crippen molar-refractivity contribution in [3.05, 3.63) is 0 Å². The van der Waals surface area contributed by atoms with Crippen molar-refractivity contribution in [2.45, 2.75) is 32.9 Å². The summed E-state index contributed by atoms with van der Waals surface area (Å²) in [6.07, 6.45) is 0. The van der Waals surface area contributed by atoms with E-state index in [1.807, 2.05) is 6.92 Å². The van der Waals surface area contributed by atoms with Gasteiger partial charge >= 0.3 is 0 Å². The Morgan fingerprint density at radius 1 is 1.24 bits per heavy atom. The summed E-state index contributed by atoms with van der Waals surface area (Å²) in [7, 11) is -3.23. The summed E-state index contributed by atoms with van der Waals surface area (Å²) in [6, 6.07) is 0. The highest BCUT2D eigenvalue weighted by Gasteiger charge is 2.18. The molecular formula is C11H26N2O3S. The SMILES string of the molecule is CCNCC(C)S(=O)(=O)NCCOCC(C)C. The molecule has 0 spiro atoms. The molecule has 0 fully saturated rings. The Labute approximate surface area is 105 Å². The van der Waals surface area contributed by atoms with E-state index in [1.54, 1.807) is 6.92 Å². The van der Waals surface area contributed by atoms with E-state index in [9.17, 15) is 8.42 Å². The molecule has 0 amide bonds. The summed E-state index contributed by atoms with van der Waals surface area (Å²) in [5.41, 5.74) is 0. The summed E-state index contributed by atoms with van der Waals surface area (Å²) in [5.74, 6) is 0.472. The molecule has 0 aliphatic heterocycles. The van der Waals surface area contributed by atoms with Crippen molar-refractivity contribution in [3.8, 4) is 0 Å². The fraction of sp³-hybridized carbons (Fsp3) is 1.00. The van der Waals surface area contributed by atoms with Gasteiger partial charge in [0.05, 0.1) is 11.9 Å². The Hall–Kier alpha value is -0.170. The van der Waals surface area contributed by atoms with Crippen molar-refractivity contribution < 1.29 is 13.2 Å². The van der Waals surface area contributed by atoms with Crippen LogP contribution in [0.1, 0.15) is 27.7 Å². The lowest BCUT2D eigenvalue weighted by molar-refractivity contribution is 0.114. The Morgan fingerprint density at radius 2 is 1.88 bits per heavy atom. The normalized spacial score (nSPS) is 14.2. The molecule has 0 saturated heterocycles. The standard InChI is InChI=1S/C11H26N2O3S/c1-5-12-8-11(4)17(14,15)13-6-7-16-9-10(2)3/h10-13H,5-9H2,1-4H3. The molecule has 0 bridgehead atoms. The largest absolute Gasteiger partial charge is 0.380 e.